The summed E-state index contributed by atoms with van der Waals surface area (Å²) >= 11 is 1.13. The molecule has 1 amide bonds. The van der Waals surface area contributed by atoms with Crippen molar-refractivity contribution < 1.29 is 9.53 Å². The van der Waals surface area contributed by atoms with Crippen LogP contribution in [0, 0.1) is 6.92 Å². The van der Waals surface area contributed by atoms with Gasteiger partial charge in [-0.3, -0.25) is 19.1 Å². The highest BCUT2D eigenvalue weighted by Gasteiger charge is 2.33. The highest BCUT2D eigenvalue weighted by atomic mass is 32.1. The van der Waals surface area contributed by atoms with E-state index in [1.165, 1.54) is 4.57 Å². The second-order valence-corrected chi connectivity index (χ2v) is 7.80. The summed E-state index contributed by atoms with van der Waals surface area (Å²) in [6, 6.07) is 0. The maximum Gasteiger partial charge on any atom is 0.307 e. The highest BCUT2D eigenvalue weighted by Crippen LogP contribution is 2.20. The van der Waals surface area contributed by atoms with Crippen molar-refractivity contribution in [1.29, 1.82) is 0 Å². The molecule has 0 saturated carbocycles. The zero-order valence-corrected chi connectivity index (χ0v) is 15.4. The van der Waals surface area contributed by atoms with Gasteiger partial charge < -0.3 is 10.1 Å². The van der Waals surface area contributed by atoms with Crippen molar-refractivity contribution in [3.05, 3.63) is 20.7 Å². The van der Waals surface area contributed by atoms with E-state index in [2.05, 4.69) is 37.9 Å². The minimum absolute atomic E-state index is 0.0835. The maximum atomic E-state index is 12.2. The average molecular weight is 341 g/mol. The Morgan fingerprint density at radius 2 is 2.00 bits per heavy atom. The second kappa shape index (κ2) is 7.15. The van der Waals surface area contributed by atoms with Crippen LogP contribution in [0.5, 0.6) is 0 Å². The van der Waals surface area contributed by atoms with Crippen molar-refractivity contribution in [3.8, 4) is 0 Å². The summed E-state index contributed by atoms with van der Waals surface area (Å²) in [5, 5.41) is 4.74. The summed E-state index contributed by atoms with van der Waals surface area (Å²) in [5.74, 6) is -0.129. The SMILES string of the molecule is Cc1csc(=O)n1CC(=O)NCC(C)(C)N1C[C@@H](C)O[C@H](C)C1. The summed E-state index contributed by atoms with van der Waals surface area (Å²) in [6.07, 6.45) is 0.390. The number of rotatable bonds is 5. The number of hydrogen-bond donors (Lipinski definition) is 1. The molecule has 0 spiro atoms. The number of ether oxygens (including phenoxy) is 1. The summed E-state index contributed by atoms with van der Waals surface area (Å²) in [6.45, 7) is 12.6. The lowest BCUT2D eigenvalue weighted by atomic mass is 10.00. The van der Waals surface area contributed by atoms with Crippen molar-refractivity contribution in [2.45, 2.75) is 58.9 Å². The molecule has 1 aromatic heterocycles. The molecule has 0 radical (unpaired) electrons. The Kier molecular flexibility index (Phi) is 5.65. The summed E-state index contributed by atoms with van der Waals surface area (Å²) < 4.78 is 7.27. The second-order valence-electron chi connectivity index (χ2n) is 6.98. The van der Waals surface area contributed by atoms with Crippen LogP contribution < -0.4 is 10.2 Å². The molecule has 1 fully saturated rings. The van der Waals surface area contributed by atoms with Crippen molar-refractivity contribution in [2.24, 2.45) is 0 Å². The van der Waals surface area contributed by atoms with Crippen LogP contribution in [0.25, 0.3) is 0 Å². The van der Waals surface area contributed by atoms with E-state index < -0.39 is 0 Å². The van der Waals surface area contributed by atoms with Gasteiger partial charge in [0.2, 0.25) is 5.91 Å². The first-order valence-electron chi connectivity index (χ1n) is 8.01. The lowest BCUT2D eigenvalue weighted by Crippen LogP contribution is -2.58. The minimum Gasteiger partial charge on any atom is -0.373 e. The van der Waals surface area contributed by atoms with Gasteiger partial charge >= 0.3 is 4.87 Å². The summed E-state index contributed by atoms with van der Waals surface area (Å²) in [4.78, 5) is 26.1. The molecule has 2 rings (SSSR count). The minimum atomic E-state index is -0.156. The molecular weight excluding hydrogens is 314 g/mol. The molecule has 1 aromatic rings. The van der Waals surface area contributed by atoms with Gasteiger partial charge in [0.05, 0.1) is 12.2 Å². The first-order valence-corrected chi connectivity index (χ1v) is 8.89. The molecule has 1 aliphatic rings. The van der Waals surface area contributed by atoms with E-state index >= 15 is 0 Å². The number of nitrogens with zero attached hydrogens (tertiary/aromatic N) is 2. The van der Waals surface area contributed by atoms with Gasteiger partial charge in [-0.15, -0.1) is 0 Å². The topological polar surface area (TPSA) is 63.6 Å². The summed E-state index contributed by atoms with van der Waals surface area (Å²) in [7, 11) is 0. The fraction of sp³-hybridized carbons (Fsp3) is 0.750. The Bertz CT molecular complexity index is 598. The molecule has 0 unspecified atom stereocenters. The molecule has 130 valence electrons. The van der Waals surface area contributed by atoms with Gasteiger partial charge in [0, 0.05) is 36.2 Å². The van der Waals surface area contributed by atoms with Gasteiger partial charge in [-0.25, -0.2) is 0 Å². The quantitative estimate of drug-likeness (QED) is 0.875. The molecule has 6 nitrogen and oxygen atoms in total. The van der Waals surface area contributed by atoms with Gasteiger partial charge in [0.25, 0.3) is 0 Å². The van der Waals surface area contributed by atoms with E-state index in [4.69, 9.17) is 4.74 Å². The van der Waals surface area contributed by atoms with Gasteiger partial charge in [0.1, 0.15) is 6.54 Å². The van der Waals surface area contributed by atoms with Crippen LogP contribution in [0.3, 0.4) is 0 Å². The largest absolute Gasteiger partial charge is 0.373 e. The molecule has 1 aliphatic heterocycles. The number of aryl methyl sites for hydroxylation is 1. The molecule has 1 saturated heterocycles. The van der Waals surface area contributed by atoms with E-state index in [0.29, 0.717) is 6.54 Å². The van der Waals surface area contributed by atoms with Gasteiger partial charge in [-0.05, 0) is 34.6 Å². The third-order valence-electron chi connectivity index (χ3n) is 4.27. The number of thiazole rings is 1. The Balaban J connectivity index is 1.91. The van der Waals surface area contributed by atoms with Crippen molar-refractivity contribution >= 4 is 17.2 Å². The maximum absolute atomic E-state index is 12.2. The van der Waals surface area contributed by atoms with E-state index in [0.717, 1.165) is 30.1 Å². The summed E-state index contributed by atoms with van der Waals surface area (Å²) in [5.41, 5.74) is 0.668. The third kappa shape index (κ3) is 4.65. The lowest BCUT2D eigenvalue weighted by Gasteiger charge is -2.45. The van der Waals surface area contributed by atoms with Crippen molar-refractivity contribution in [1.82, 2.24) is 14.8 Å². The lowest BCUT2D eigenvalue weighted by molar-refractivity contribution is -0.123. The number of hydrogen-bond acceptors (Lipinski definition) is 5. The third-order valence-corrected chi connectivity index (χ3v) is 5.15. The molecule has 7 heteroatoms. The molecule has 1 N–H and O–H groups in total. The number of carbonyl (C=O) groups is 1. The number of amides is 1. The number of aromatic nitrogens is 1. The Hall–Kier alpha value is -1.18. The van der Waals surface area contributed by atoms with Crippen LogP contribution in [0.2, 0.25) is 0 Å². The number of nitrogens with one attached hydrogen (secondary N) is 1. The van der Waals surface area contributed by atoms with Gasteiger partial charge in [-0.1, -0.05) is 11.3 Å². The molecule has 0 bridgehead atoms. The average Bonchev–Trinajstić information content (AvgIpc) is 2.76. The molecular formula is C16H27N3O3S. The van der Waals surface area contributed by atoms with Crippen LogP contribution in [-0.4, -0.2) is 52.8 Å². The van der Waals surface area contributed by atoms with Crippen molar-refractivity contribution in [2.75, 3.05) is 19.6 Å². The zero-order valence-electron chi connectivity index (χ0n) is 14.6. The van der Waals surface area contributed by atoms with E-state index in [1.54, 1.807) is 5.38 Å². The van der Waals surface area contributed by atoms with E-state index in [9.17, 15) is 9.59 Å². The zero-order chi connectivity index (χ0) is 17.2. The molecule has 0 aliphatic carbocycles. The predicted octanol–water partition coefficient (Wildman–Crippen LogP) is 1.22. The standard InChI is InChI=1S/C16H27N3O3S/c1-11-9-23-15(21)19(11)8-14(20)17-10-16(4,5)18-6-12(2)22-13(3)7-18/h9,12-13H,6-8,10H2,1-5H3,(H,17,20)/t12-,13-/m1/s1. The Morgan fingerprint density at radius 1 is 1.39 bits per heavy atom. The van der Waals surface area contributed by atoms with E-state index in [1.807, 2.05) is 6.92 Å². The smallest absolute Gasteiger partial charge is 0.307 e. The van der Waals surface area contributed by atoms with Crippen LogP contribution in [-0.2, 0) is 16.1 Å². The monoisotopic (exact) mass is 341 g/mol. The van der Waals surface area contributed by atoms with Crippen LogP contribution in [0.4, 0.5) is 0 Å². The first kappa shape index (κ1) is 18.2. The molecule has 0 aromatic carbocycles. The number of morpholine rings is 1. The van der Waals surface area contributed by atoms with Crippen LogP contribution >= 0.6 is 11.3 Å². The predicted molar refractivity (Wildman–Crippen MR) is 92.0 cm³/mol. The highest BCUT2D eigenvalue weighted by molar-refractivity contribution is 7.07. The normalized spacial score (nSPS) is 23.0. The van der Waals surface area contributed by atoms with E-state index in [-0.39, 0.29) is 35.1 Å². The molecule has 2 atom stereocenters. The molecule has 2 heterocycles. The van der Waals surface area contributed by atoms with Crippen LogP contribution in [0.15, 0.2) is 10.2 Å². The van der Waals surface area contributed by atoms with Crippen molar-refractivity contribution in [3.63, 3.8) is 0 Å². The fourth-order valence-corrected chi connectivity index (χ4v) is 3.63. The molecule has 23 heavy (non-hydrogen) atoms. The van der Waals surface area contributed by atoms with Gasteiger partial charge in [0.15, 0.2) is 0 Å². The van der Waals surface area contributed by atoms with Crippen LogP contribution in [0.1, 0.15) is 33.4 Å². The number of carbonyl (C=O) groups excluding carboxylic acids is 1. The van der Waals surface area contributed by atoms with Gasteiger partial charge in [-0.2, -0.15) is 0 Å². The Morgan fingerprint density at radius 3 is 2.52 bits per heavy atom. The Labute approximate surface area is 141 Å². The first-order chi connectivity index (χ1) is 10.7. The fourth-order valence-electron chi connectivity index (χ4n) is 2.89.